The molecular weight excluding hydrogens is 336 g/mol. The van der Waals surface area contributed by atoms with Gasteiger partial charge < -0.3 is 4.90 Å². The Morgan fingerprint density at radius 3 is 2.55 bits per heavy atom. The van der Waals surface area contributed by atoms with Gasteiger partial charge in [0.1, 0.15) is 16.2 Å². The van der Waals surface area contributed by atoms with Gasteiger partial charge in [-0.05, 0) is 22.9 Å². The maximum Gasteiger partial charge on any atom is 0.137 e. The molecule has 0 saturated heterocycles. The van der Waals surface area contributed by atoms with Crippen molar-refractivity contribution >= 4 is 33.1 Å². The van der Waals surface area contributed by atoms with Crippen molar-refractivity contribution in [3.63, 3.8) is 0 Å². The van der Waals surface area contributed by atoms with Crippen LogP contribution in [0.5, 0.6) is 0 Å². The molecule has 6 heteroatoms. The van der Waals surface area contributed by atoms with Crippen LogP contribution in [-0.2, 0) is 12.0 Å². The Morgan fingerprint density at radius 1 is 1.30 bits per heavy atom. The fraction of sp³-hybridized carbons (Fsp3) is 0.500. The first-order valence-corrected chi connectivity index (χ1v) is 8.10. The number of rotatable bonds is 3. The zero-order chi connectivity index (χ0) is 14.9. The van der Waals surface area contributed by atoms with Crippen LogP contribution in [0.25, 0.3) is 0 Å². The van der Waals surface area contributed by atoms with Gasteiger partial charge in [-0.15, -0.1) is 11.3 Å². The van der Waals surface area contributed by atoms with Crippen LogP contribution in [0, 0.1) is 6.92 Å². The number of aromatic nitrogens is 3. The number of nitrogens with zero attached hydrogens (tertiary/aromatic N) is 4. The fourth-order valence-electron chi connectivity index (χ4n) is 1.71. The van der Waals surface area contributed by atoms with Crippen LogP contribution in [0.2, 0.25) is 0 Å². The molecule has 2 aromatic rings. The summed E-state index contributed by atoms with van der Waals surface area (Å²) in [5, 5.41) is 0. The molecule has 2 heterocycles. The van der Waals surface area contributed by atoms with Gasteiger partial charge in [-0.2, -0.15) is 0 Å². The minimum Gasteiger partial charge on any atom is -0.354 e. The SMILES string of the molecule is Cc1ncsc1CN(C)c1cc(Br)nc(C(C)(C)C)n1. The summed E-state index contributed by atoms with van der Waals surface area (Å²) < 4.78 is 0.820. The Hall–Kier alpha value is -1.01. The highest BCUT2D eigenvalue weighted by Crippen LogP contribution is 2.25. The smallest absolute Gasteiger partial charge is 0.137 e. The molecule has 0 saturated carbocycles. The molecule has 2 rings (SSSR count). The first-order chi connectivity index (χ1) is 9.27. The summed E-state index contributed by atoms with van der Waals surface area (Å²) in [6, 6.07) is 1.95. The van der Waals surface area contributed by atoms with Crippen LogP contribution in [0.3, 0.4) is 0 Å². The molecule has 0 aliphatic rings. The molecule has 0 amide bonds. The molecule has 0 aliphatic carbocycles. The molecule has 108 valence electrons. The van der Waals surface area contributed by atoms with Crippen LogP contribution < -0.4 is 4.90 Å². The number of aryl methyl sites for hydroxylation is 1. The summed E-state index contributed by atoms with van der Waals surface area (Å²) in [7, 11) is 2.04. The van der Waals surface area contributed by atoms with Gasteiger partial charge in [0.25, 0.3) is 0 Å². The van der Waals surface area contributed by atoms with Crippen molar-refractivity contribution in [2.45, 2.75) is 39.7 Å². The van der Waals surface area contributed by atoms with E-state index in [-0.39, 0.29) is 5.41 Å². The Balaban J connectivity index is 2.28. The van der Waals surface area contributed by atoms with Crippen molar-refractivity contribution in [1.82, 2.24) is 15.0 Å². The largest absolute Gasteiger partial charge is 0.354 e. The molecule has 0 aliphatic heterocycles. The van der Waals surface area contributed by atoms with Gasteiger partial charge in [-0.1, -0.05) is 20.8 Å². The van der Waals surface area contributed by atoms with E-state index in [1.807, 2.05) is 25.5 Å². The fourth-order valence-corrected chi connectivity index (χ4v) is 2.91. The minimum absolute atomic E-state index is 0.0697. The summed E-state index contributed by atoms with van der Waals surface area (Å²) in [6.07, 6.45) is 0. The highest BCUT2D eigenvalue weighted by Gasteiger charge is 2.20. The second-order valence-electron chi connectivity index (χ2n) is 5.84. The van der Waals surface area contributed by atoms with Crippen LogP contribution in [0.4, 0.5) is 5.82 Å². The number of hydrogen-bond donors (Lipinski definition) is 0. The van der Waals surface area contributed by atoms with Crippen molar-refractivity contribution in [1.29, 1.82) is 0 Å². The van der Waals surface area contributed by atoms with Crippen molar-refractivity contribution < 1.29 is 0 Å². The average Bonchev–Trinajstić information content (AvgIpc) is 2.73. The van der Waals surface area contributed by atoms with E-state index in [1.165, 1.54) is 4.88 Å². The van der Waals surface area contributed by atoms with E-state index in [0.717, 1.165) is 28.5 Å². The Bertz CT molecular complexity index is 603. The van der Waals surface area contributed by atoms with Gasteiger partial charge in [-0.25, -0.2) is 15.0 Å². The van der Waals surface area contributed by atoms with Gasteiger partial charge in [0, 0.05) is 23.4 Å². The van der Waals surface area contributed by atoms with E-state index in [4.69, 9.17) is 0 Å². The Kier molecular flexibility index (Phi) is 4.44. The zero-order valence-electron chi connectivity index (χ0n) is 12.4. The third-order valence-electron chi connectivity index (χ3n) is 2.97. The van der Waals surface area contributed by atoms with Crippen molar-refractivity contribution in [2.24, 2.45) is 0 Å². The molecule has 2 aromatic heterocycles. The molecule has 0 N–H and O–H groups in total. The number of halogens is 1. The van der Waals surface area contributed by atoms with Crippen LogP contribution >= 0.6 is 27.3 Å². The topological polar surface area (TPSA) is 41.9 Å². The molecular formula is C14H19BrN4S. The molecule has 0 spiro atoms. The molecule has 0 fully saturated rings. The maximum absolute atomic E-state index is 4.68. The maximum atomic E-state index is 4.68. The van der Waals surface area contributed by atoms with Crippen molar-refractivity contribution in [3.05, 3.63) is 32.6 Å². The quantitative estimate of drug-likeness (QED) is 0.782. The molecule has 20 heavy (non-hydrogen) atoms. The third-order valence-corrected chi connectivity index (χ3v) is 4.30. The minimum atomic E-state index is -0.0697. The van der Waals surface area contributed by atoms with Gasteiger partial charge in [0.05, 0.1) is 17.7 Å². The molecule has 0 atom stereocenters. The second kappa shape index (κ2) is 5.77. The Morgan fingerprint density at radius 2 is 2.00 bits per heavy atom. The summed E-state index contributed by atoms with van der Waals surface area (Å²) in [6.45, 7) is 9.20. The van der Waals surface area contributed by atoms with Gasteiger partial charge in [0.2, 0.25) is 0 Å². The first-order valence-electron chi connectivity index (χ1n) is 6.42. The molecule has 4 nitrogen and oxygen atoms in total. The molecule has 0 unspecified atom stereocenters. The van der Waals surface area contributed by atoms with Crippen LogP contribution in [0.15, 0.2) is 16.2 Å². The lowest BCUT2D eigenvalue weighted by atomic mass is 9.96. The summed E-state index contributed by atoms with van der Waals surface area (Å²) >= 11 is 5.16. The summed E-state index contributed by atoms with van der Waals surface area (Å²) in [5.74, 6) is 1.76. The molecule has 0 bridgehead atoms. The predicted molar refractivity (Wildman–Crippen MR) is 87.4 cm³/mol. The molecule has 0 aromatic carbocycles. The van der Waals surface area contributed by atoms with Crippen molar-refractivity contribution in [3.8, 4) is 0 Å². The van der Waals surface area contributed by atoms with E-state index >= 15 is 0 Å². The summed E-state index contributed by atoms with van der Waals surface area (Å²) in [5.41, 5.74) is 2.90. The third kappa shape index (κ3) is 3.55. The highest BCUT2D eigenvalue weighted by atomic mass is 79.9. The predicted octanol–water partition coefficient (Wildman–Crippen LogP) is 3.94. The number of thiazole rings is 1. The van der Waals surface area contributed by atoms with Crippen LogP contribution in [0.1, 0.15) is 37.2 Å². The second-order valence-corrected chi connectivity index (χ2v) is 7.59. The summed E-state index contributed by atoms with van der Waals surface area (Å²) in [4.78, 5) is 16.8. The standard InChI is InChI=1S/C14H19BrN4S/c1-9-10(20-8-16-9)7-19(5)12-6-11(15)17-13(18-12)14(2,3)4/h6,8H,7H2,1-5H3. The van der Waals surface area contributed by atoms with E-state index in [9.17, 15) is 0 Å². The zero-order valence-corrected chi connectivity index (χ0v) is 14.8. The lowest BCUT2D eigenvalue weighted by molar-refractivity contribution is 0.542. The first kappa shape index (κ1) is 15.4. The lowest BCUT2D eigenvalue weighted by Gasteiger charge is -2.22. The van der Waals surface area contributed by atoms with E-state index in [0.29, 0.717) is 0 Å². The monoisotopic (exact) mass is 354 g/mol. The van der Waals surface area contributed by atoms with Crippen LogP contribution in [-0.4, -0.2) is 22.0 Å². The normalized spacial score (nSPS) is 11.7. The van der Waals surface area contributed by atoms with Crippen molar-refractivity contribution in [2.75, 3.05) is 11.9 Å². The van der Waals surface area contributed by atoms with E-state index in [2.05, 4.69) is 56.6 Å². The average molecular weight is 355 g/mol. The molecule has 0 radical (unpaired) electrons. The lowest BCUT2D eigenvalue weighted by Crippen LogP contribution is -2.22. The van der Waals surface area contributed by atoms with Gasteiger partial charge >= 0.3 is 0 Å². The number of hydrogen-bond acceptors (Lipinski definition) is 5. The Labute approximate surface area is 132 Å². The van der Waals surface area contributed by atoms with E-state index in [1.54, 1.807) is 11.3 Å². The highest BCUT2D eigenvalue weighted by molar-refractivity contribution is 9.10. The number of anilines is 1. The van der Waals surface area contributed by atoms with Gasteiger partial charge in [-0.3, -0.25) is 0 Å². The van der Waals surface area contributed by atoms with Gasteiger partial charge in [0.15, 0.2) is 0 Å². The van der Waals surface area contributed by atoms with E-state index < -0.39 is 0 Å².